The fourth-order valence-corrected chi connectivity index (χ4v) is 3.62. The van der Waals surface area contributed by atoms with E-state index in [0.717, 1.165) is 5.56 Å². The Bertz CT molecular complexity index is 878. The van der Waals surface area contributed by atoms with Crippen LogP contribution in [0.25, 0.3) is 0 Å². The minimum Gasteiger partial charge on any atom is -0.200 e. The molecule has 2 aromatic rings. The van der Waals surface area contributed by atoms with Crippen molar-refractivity contribution in [2.75, 3.05) is 0 Å². The van der Waals surface area contributed by atoms with Crippen LogP contribution in [-0.2, 0) is 10.0 Å². The third-order valence-corrected chi connectivity index (χ3v) is 5.20. The van der Waals surface area contributed by atoms with Crippen LogP contribution in [0.15, 0.2) is 46.4 Å². The normalized spacial score (nSPS) is 12.3. The van der Waals surface area contributed by atoms with E-state index in [1.807, 2.05) is 13.0 Å². The summed E-state index contributed by atoms with van der Waals surface area (Å²) in [5.41, 5.74) is 2.50. The van der Waals surface area contributed by atoms with Crippen molar-refractivity contribution in [3.63, 3.8) is 0 Å². The highest BCUT2D eigenvalue weighted by Crippen LogP contribution is 2.21. The summed E-state index contributed by atoms with van der Waals surface area (Å²) in [5, 5.41) is 4.89. The minimum atomic E-state index is -3.75. The number of hydrogen-bond acceptors (Lipinski definition) is 3. The number of hydrazone groups is 1. The van der Waals surface area contributed by atoms with Gasteiger partial charge in [-0.1, -0.05) is 35.3 Å². The van der Waals surface area contributed by atoms with E-state index in [1.165, 1.54) is 0 Å². The van der Waals surface area contributed by atoms with Crippen LogP contribution < -0.4 is 4.83 Å². The SMILES string of the molecule is C/C(=N/NS(=O)(=O)c1cc(C)ccc1C)c1cc(Cl)ccc1Cl. The van der Waals surface area contributed by atoms with Gasteiger partial charge < -0.3 is 0 Å². The molecule has 0 aliphatic heterocycles. The third-order valence-electron chi connectivity index (χ3n) is 3.28. The van der Waals surface area contributed by atoms with Gasteiger partial charge in [0.05, 0.1) is 10.6 Å². The van der Waals surface area contributed by atoms with Gasteiger partial charge in [0, 0.05) is 15.6 Å². The molecule has 1 N–H and O–H groups in total. The van der Waals surface area contributed by atoms with Crippen LogP contribution in [0.3, 0.4) is 0 Å². The van der Waals surface area contributed by atoms with E-state index >= 15 is 0 Å². The molecule has 4 nitrogen and oxygen atoms in total. The first kappa shape index (κ1) is 17.8. The summed E-state index contributed by atoms with van der Waals surface area (Å²) in [7, 11) is -3.75. The van der Waals surface area contributed by atoms with E-state index in [4.69, 9.17) is 23.2 Å². The van der Waals surface area contributed by atoms with Gasteiger partial charge >= 0.3 is 0 Å². The molecule has 0 bridgehead atoms. The maximum Gasteiger partial charge on any atom is 0.276 e. The number of aryl methyl sites for hydroxylation is 2. The molecule has 2 rings (SSSR count). The highest BCUT2D eigenvalue weighted by Gasteiger charge is 2.16. The smallest absolute Gasteiger partial charge is 0.200 e. The monoisotopic (exact) mass is 370 g/mol. The van der Waals surface area contributed by atoms with Crippen molar-refractivity contribution < 1.29 is 8.42 Å². The van der Waals surface area contributed by atoms with Crippen LogP contribution in [-0.4, -0.2) is 14.1 Å². The summed E-state index contributed by atoms with van der Waals surface area (Å²) >= 11 is 12.0. The van der Waals surface area contributed by atoms with Crippen molar-refractivity contribution in [2.24, 2.45) is 5.10 Å². The lowest BCUT2D eigenvalue weighted by atomic mass is 10.1. The van der Waals surface area contributed by atoms with E-state index in [1.54, 1.807) is 44.2 Å². The summed E-state index contributed by atoms with van der Waals surface area (Å²) in [6.07, 6.45) is 0. The topological polar surface area (TPSA) is 58.5 Å². The molecule has 0 radical (unpaired) electrons. The molecule has 0 saturated carbocycles. The number of halogens is 2. The van der Waals surface area contributed by atoms with Gasteiger partial charge in [0.25, 0.3) is 10.0 Å². The van der Waals surface area contributed by atoms with Gasteiger partial charge in [0.1, 0.15) is 0 Å². The lowest BCUT2D eigenvalue weighted by molar-refractivity contribution is 0.583. The van der Waals surface area contributed by atoms with E-state index in [0.29, 0.717) is 26.9 Å². The van der Waals surface area contributed by atoms with Crippen molar-refractivity contribution in [1.82, 2.24) is 4.83 Å². The second-order valence-electron chi connectivity index (χ2n) is 5.19. The third kappa shape index (κ3) is 4.25. The van der Waals surface area contributed by atoms with Gasteiger partial charge in [-0.05, 0) is 56.2 Å². The molecule has 0 aliphatic carbocycles. The molecule has 0 unspecified atom stereocenters. The minimum absolute atomic E-state index is 0.200. The maximum absolute atomic E-state index is 12.4. The average Bonchev–Trinajstić information content (AvgIpc) is 2.49. The highest BCUT2D eigenvalue weighted by molar-refractivity contribution is 7.89. The Labute approximate surface area is 146 Å². The van der Waals surface area contributed by atoms with Gasteiger partial charge in [-0.2, -0.15) is 18.4 Å². The van der Waals surface area contributed by atoms with Crippen LogP contribution >= 0.6 is 23.2 Å². The Morgan fingerprint density at radius 1 is 1.09 bits per heavy atom. The van der Waals surface area contributed by atoms with Gasteiger partial charge in [-0.25, -0.2) is 0 Å². The van der Waals surface area contributed by atoms with E-state index < -0.39 is 10.0 Å². The molecule has 2 aromatic carbocycles. The predicted octanol–water partition coefficient (Wildman–Crippen LogP) is 4.31. The van der Waals surface area contributed by atoms with Crippen LogP contribution in [0, 0.1) is 13.8 Å². The Balaban J connectivity index is 2.34. The molecule has 0 atom stereocenters. The van der Waals surface area contributed by atoms with Crippen molar-refractivity contribution in [2.45, 2.75) is 25.7 Å². The van der Waals surface area contributed by atoms with Gasteiger partial charge in [0.15, 0.2) is 0 Å². The summed E-state index contributed by atoms with van der Waals surface area (Å²) in [6, 6.07) is 10.1. The molecule has 0 aliphatic rings. The van der Waals surface area contributed by atoms with E-state index in [2.05, 4.69) is 9.93 Å². The van der Waals surface area contributed by atoms with Gasteiger partial charge in [-0.15, -0.1) is 0 Å². The lowest BCUT2D eigenvalue weighted by Crippen LogP contribution is -2.21. The van der Waals surface area contributed by atoms with Gasteiger partial charge in [-0.3, -0.25) is 0 Å². The first-order valence-corrected chi connectivity index (χ1v) is 9.03. The number of benzene rings is 2. The molecule has 23 heavy (non-hydrogen) atoms. The predicted molar refractivity (Wildman–Crippen MR) is 94.9 cm³/mol. The molecular weight excluding hydrogens is 355 g/mol. The zero-order chi connectivity index (χ0) is 17.2. The summed E-state index contributed by atoms with van der Waals surface area (Å²) in [5.74, 6) is 0. The Kier molecular flexibility index (Phi) is 5.34. The zero-order valence-electron chi connectivity index (χ0n) is 12.9. The highest BCUT2D eigenvalue weighted by atomic mass is 35.5. The Morgan fingerprint density at radius 2 is 1.78 bits per heavy atom. The summed E-state index contributed by atoms with van der Waals surface area (Å²) in [6.45, 7) is 5.22. The number of hydrogen-bond donors (Lipinski definition) is 1. The van der Waals surface area contributed by atoms with Gasteiger partial charge in [0.2, 0.25) is 0 Å². The molecular formula is C16H16Cl2N2O2S. The number of sulfonamides is 1. The molecule has 0 heterocycles. The second-order valence-corrected chi connectivity index (χ2v) is 7.66. The molecule has 0 saturated heterocycles. The van der Waals surface area contributed by atoms with E-state index in [-0.39, 0.29) is 4.90 Å². The Morgan fingerprint density at radius 3 is 2.48 bits per heavy atom. The molecule has 0 aromatic heterocycles. The fourth-order valence-electron chi connectivity index (χ4n) is 2.01. The first-order valence-electron chi connectivity index (χ1n) is 6.79. The molecule has 0 spiro atoms. The van der Waals surface area contributed by atoms with Crippen molar-refractivity contribution in [1.29, 1.82) is 0 Å². The molecule has 0 amide bonds. The lowest BCUT2D eigenvalue weighted by Gasteiger charge is -2.09. The van der Waals surface area contributed by atoms with E-state index in [9.17, 15) is 8.42 Å². The average molecular weight is 371 g/mol. The summed E-state index contributed by atoms with van der Waals surface area (Å²) < 4.78 is 24.8. The van der Waals surface area contributed by atoms with Crippen molar-refractivity contribution >= 4 is 38.9 Å². The number of nitrogens with one attached hydrogen (secondary N) is 1. The quantitative estimate of drug-likeness (QED) is 0.643. The Hall–Kier alpha value is -1.56. The van der Waals surface area contributed by atoms with Crippen molar-refractivity contribution in [3.05, 3.63) is 63.1 Å². The largest absolute Gasteiger partial charge is 0.276 e. The van der Waals surface area contributed by atoms with Crippen LogP contribution in [0.5, 0.6) is 0 Å². The molecule has 122 valence electrons. The maximum atomic E-state index is 12.4. The first-order chi connectivity index (χ1) is 10.7. The van der Waals surface area contributed by atoms with Crippen LogP contribution in [0.1, 0.15) is 23.6 Å². The van der Waals surface area contributed by atoms with Crippen LogP contribution in [0.2, 0.25) is 10.0 Å². The number of nitrogens with zero attached hydrogens (tertiary/aromatic N) is 1. The fraction of sp³-hybridized carbons (Fsp3) is 0.188. The molecule has 7 heteroatoms. The standard InChI is InChI=1S/C16H16Cl2N2O2S/c1-10-4-5-11(2)16(8-10)23(21,22)20-19-12(3)14-9-13(17)6-7-15(14)18/h4-9,20H,1-3H3/b19-12-. The van der Waals surface area contributed by atoms with Crippen LogP contribution in [0.4, 0.5) is 0 Å². The molecule has 0 fully saturated rings. The zero-order valence-corrected chi connectivity index (χ0v) is 15.2. The summed E-state index contributed by atoms with van der Waals surface area (Å²) in [4.78, 5) is 2.45. The van der Waals surface area contributed by atoms with Crippen molar-refractivity contribution in [3.8, 4) is 0 Å². The second kappa shape index (κ2) is 6.91. The number of rotatable bonds is 4.